The number of nitrogens with one attached hydrogen (secondary N) is 1. The van der Waals surface area contributed by atoms with E-state index in [-0.39, 0.29) is 6.04 Å². The summed E-state index contributed by atoms with van der Waals surface area (Å²) in [6, 6.07) is 14.9. The quantitative estimate of drug-likeness (QED) is 0.721. The Labute approximate surface area is 135 Å². The molecule has 1 atom stereocenters. The van der Waals surface area contributed by atoms with Crippen molar-refractivity contribution in [3.8, 4) is 5.75 Å². The van der Waals surface area contributed by atoms with Crippen LogP contribution < -0.4 is 10.1 Å². The smallest absolute Gasteiger partial charge is 0.119 e. The molecule has 0 aromatic heterocycles. The molecule has 0 aliphatic rings. The summed E-state index contributed by atoms with van der Waals surface area (Å²) in [4.78, 5) is 0. The molecule has 112 valence electrons. The van der Waals surface area contributed by atoms with Crippen LogP contribution in [-0.4, -0.2) is 6.61 Å². The van der Waals surface area contributed by atoms with Crippen LogP contribution in [0.1, 0.15) is 37.4 Å². The van der Waals surface area contributed by atoms with Crippen molar-refractivity contribution in [3.63, 3.8) is 0 Å². The second-order valence-corrected chi connectivity index (χ2v) is 6.16. The summed E-state index contributed by atoms with van der Waals surface area (Å²) in [6.45, 7) is 7.16. The van der Waals surface area contributed by atoms with Gasteiger partial charge in [0.2, 0.25) is 0 Å². The highest BCUT2D eigenvalue weighted by Crippen LogP contribution is 2.25. The second-order valence-electron chi connectivity index (χ2n) is 5.24. The number of anilines is 1. The fourth-order valence-electron chi connectivity index (χ4n) is 2.18. The van der Waals surface area contributed by atoms with Gasteiger partial charge >= 0.3 is 0 Å². The van der Waals surface area contributed by atoms with E-state index in [2.05, 4.69) is 72.3 Å². The normalized spacial score (nSPS) is 12.0. The minimum Gasteiger partial charge on any atom is -0.494 e. The Balaban J connectivity index is 2.04. The Morgan fingerprint density at radius 1 is 1.14 bits per heavy atom. The molecule has 0 amide bonds. The van der Waals surface area contributed by atoms with Crippen LogP contribution in [0.25, 0.3) is 0 Å². The zero-order valence-corrected chi connectivity index (χ0v) is 14.4. The van der Waals surface area contributed by atoms with Gasteiger partial charge in [0.1, 0.15) is 5.75 Å². The average molecular weight is 348 g/mol. The standard InChI is InChI=1S/C18H22BrNO/c1-4-11-21-17-8-5-15(6-9-17)14(3)20-18-10-7-16(19)12-13(18)2/h5-10,12,14,20H,4,11H2,1-3H3. The van der Waals surface area contributed by atoms with Crippen LogP contribution in [-0.2, 0) is 0 Å². The first-order valence-corrected chi connectivity index (χ1v) is 8.15. The van der Waals surface area contributed by atoms with Crippen molar-refractivity contribution in [2.24, 2.45) is 0 Å². The van der Waals surface area contributed by atoms with E-state index in [4.69, 9.17) is 4.74 Å². The lowest BCUT2D eigenvalue weighted by atomic mass is 10.1. The van der Waals surface area contributed by atoms with Crippen LogP contribution in [0.4, 0.5) is 5.69 Å². The van der Waals surface area contributed by atoms with Crippen molar-refractivity contribution < 1.29 is 4.74 Å². The molecule has 2 nitrogen and oxygen atoms in total. The molecular weight excluding hydrogens is 326 g/mol. The van der Waals surface area contributed by atoms with Gasteiger partial charge < -0.3 is 10.1 Å². The summed E-state index contributed by atoms with van der Waals surface area (Å²) in [5.41, 5.74) is 3.65. The molecule has 3 heteroatoms. The first kappa shape index (κ1) is 15.9. The Kier molecular flexibility index (Phi) is 5.68. The molecule has 0 fully saturated rings. The van der Waals surface area contributed by atoms with E-state index < -0.39 is 0 Å². The summed E-state index contributed by atoms with van der Waals surface area (Å²) < 4.78 is 6.72. The maximum Gasteiger partial charge on any atom is 0.119 e. The minimum absolute atomic E-state index is 0.255. The van der Waals surface area contributed by atoms with E-state index in [1.54, 1.807) is 0 Å². The van der Waals surface area contributed by atoms with Crippen LogP contribution in [0.5, 0.6) is 5.75 Å². The van der Waals surface area contributed by atoms with E-state index in [1.165, 1.54) is 11.1 Å². The molecule has 0 aliphatic heterocycles. The number of hydrogen-bond donors (Lipinski definition) is 1. The predicted octanol–water partition coefficient (Wildman–Crippen LogP) is 5.72. The van der Waals surface area contributed by atoms with Gasteiger partial charge in [-0.2, -0.15) is 0 Å². The van der Waals surface area contributed by atoms with Crippen molar-refractivity contribution in [1.82, 2.24) is 0 Å². The monoisotopic (exact) mass is 347 g/mol. The van der Waals surface area contributed by atoms with Crippen molar-refractivity contribution in [1.29, 1.82) is 0 Å². The number of hydrogen-bond acceptors (Lipinski definition) is 2. The number of rotatable bonds is 6. The molecule has 1 N–H and O–H groups in total. The van der Waals surface area contributed by atoms with Gasteiger partial charge in [0, 0.05) is 16.2 Å². The molecule has 0 saturated heterocycles. The van der Waals surface area contributed by atoms with Gasteiger partial charge in [-0.05, 0) is 61.7 Å². The number of aryl methyl sites for hydroxylation is 1. The lowest BCUT2D eigenvalue weighted by molar-refractivity contribution is 0.317. The molecule has 2 aromatic carbocycles. The molecule has 0 radical (unpaired) electrons. The lowest BCUT2D eigenvalue weighted by Crippen LogP contribution is -2.07. The van der Waals surface area contributed by atoms with Crippen molar-refractivity contribution in [3.05, 3.63) is 58.1 Å². The van der Waals surface area contributed by atoms with Gasteiger partial charge in [-0.25, -0.2) is 0 Å². The fraction of sp³-hybridized carbons (Fsp3) is 0.333. The maximum atomic E-state index is 5.61. The Morgan fingerprint density at radius 3 is 2.48 bits per heavy atom. The topological polar surface area (TPSA) is 21.3 Å². The van der Waals surface area contributed by atoms with Crippen LogP contribution >= 0.6 is 15.9 Å². The minimum atomic E-state index is 0.255. The molecule has 2 rings (SSSR count). The van der Waals surface area contributed by atoms with Gasteiger partial charge in [0.05, 0.1) is 6.61 Å². The van der Waals surface area contributed by atoms with Gasteiger partial charge in [-0.1, -0.05) is 35.0 Å². The van der Waals surface area contributed by atoms with E-state index in [9.17, 15) is 0 Å². The predicted molar refractivity (Wildman–Crippen MR) is 93.1 cm³/mol. The summed E-state index contributed by atoms with van der Waals surface area (Å²) in [5, 5.41) is 3.55. The molecule has 0 aliphatic carbocycles. The number of halogens is 1. The summed E-state index contributed by atoms with van der Waals surface area (Å²) in [5.74, 6) is 0.938. The highest BCUT2D eigenvalue weighted by Gasteiger charge is 2.07. The van der Waals surface area contributed by atoms with Crippen LogP contribution in [0.15, 0.2) is 46.9 Å². The Hall–Kier alpha value is -1.48. The zero-order valence-electron chi connectivity index (χ0n) is 12.8. The van der Waals surface area contributed by atoms with E-state index in [0.717, 1.165) is 28.9 Å². The highest BCUT2D eigenvalue weighted by atomic mass is 79.9. The molecule has 0 saturated carbocycles. The summed E-state index contributed by atoms with van der Waals surface area (Å²) in [7, 11) is 0. The largest absolute Gasteiger partial charge is 0.494 e. The van der Waals surface area contributed by atoms with Crippen molar-refractivity contribution in [2.75, 3.05) is 11.9 Å². The highest BCUT2D eigenvalue weighted by molar-refractivity contribution is 9.10. The first-order valence-electron chi connectivity index (χ1n) is 7.35. The third kappa shape index (κ3) is 4.50. The Bertz CT molecular complexity index is 580. The maximum absolute atomic E-state index is 5.61. The second kappa shape index (κ2) is 7.51. The van der Waals surface area contributed by atoms with Gasteiger partial charge in [-0.3, -0.25) is 0 Å². The average Bonchev–Trinajstić information content (AvgIpc) is 2.48. The zero-order chi connectivity index (χ0) is 15.2. The molecule has 1 unspecified atom stereocenters. The summed E-state index contributed by atoms with van der Waals surface area (Å²) in [6.07, 6.45) is 1.03. The van der Waals surface area contributed by atoms with Crippen LogP contribution in [0.3, 0.4) is 0 Å². The first-order chi connectivity index (χ1) is 10.1. The third-order valence-corrected chi connectivity index (χ3v) is 3.91. The van der Waals surface area contributed by atoms with Crippen LogP contribution in [0, 0.1) is 6.92 Å². The molecule has 0 spiro atoms. The van der Waals surface area contributed by atoms with Gasteiger partial charge in [0.15, 0.2) is 0 Å². The third-order valence-electron chi connectivity index (χ3n) is 3.41. The molecule has 21 heavy (non-hydrogen) atoms. The van der Waals surface area contributed by atoms with Gasteiger partial charge in [-0.15, -0.1) is 0 Å². The van der Waals surface area contributed by atoms with E-state index in [1.807, 2.05) is 12.1 Å². The molecule has 0 bridgehead atoms. The molecule has 0 heterocycles. The van der Waals surface area contributed by atoms with Gasteiger partial charge in [0.25, 0.3) is 0 Å². The lowest BCUT2D eigenvalue weighted by Gasteiger charge is -2.18. The number of ether oxygens (including phenoxy) is 1. The Morgan fingerprint density at radius 2 is 1.86 bits per heavy atom. The fourth-order valence-corrected chi connectivity index (χ4v) is 2.65. The van der Waals surface area contributed by atoms with E-state index >= 15 is 0 Å². The van der Waals surface area contributed by atoms with Crippen molar-refractivity contribution in [2.45, 2.75) is 33.2 Å². The van der Waals surface area contributed by atoms with E-state index in [0.29, 0.717) is 0 Å². The molecular formula is C18H22BrNO. The summed E-state index contributed by atoms with van der Waals surface area (Å²) >= 11 is 3.49. The molecule has 2 aromatic rings. The SMILES string of the molecule is CCCOc1ccc(C(C)Nc2ccc(Br)cc2C)cc1. The van der Waals surface area contributed by atoms with Crippen molar-refractivity contribution >= 4 is 21.6 Å². The number of benzene rings is 2. The van der Waals surface area contributed by atoms with Crippen LogP contribution in [0.2, 0.25) is 0 Å².